The number of halogens is 2. The molecule has 0 aromatic heterocycles. The summed E-state index contributed by atoms with van der Waals surface area (Å²) in [6, 6.07) is 0.521. The molecule has 4 heteroatoms. The summed E-state index contributed by atoms with van der Waals surface area (Å²) in [6.45, 7) is 3.91. The summed E-state index contributed by atoms with van der Waals surface area (Å²) >= 11 is 0. The predicted molar refractivity (Wildman–Crippen MR) is 72.2 cm³/mol. The topological polar surface area (TPSA) is 15.3 Å². The van der Waals surface area contributed by atoms with Gasteiger partial charge in [0, 0.05) is 12.6 Å². The van der Waals surface area contributed by atoms with Crippen molar-refractivity contribution in [3.8, 4) is 0 Å². The normalized spacial score (nSPS) is 25.7. The summed E-state index contributed by atoms with van der Waals surface area (Å²) in [5, 5.41) is 3.61. The Kier molecular flexibility index (Phi) is 7.75. The van der Waals surface area contributed by atoms with Gasteiger partial charge in [0.15, 0.2) is 0 Å². The molecule has 0 aromatic rings. The van der Waals surface area contributed by atoms with Crippen molar-refractivity contribution in [1.82, 2.24) is 10.2 Å². The van der Waals surface area contributed by atoms with Crippen LogP contribution in [0.4, 0.5) is 8.78 Å². The molecular formula is C14H28F2N2. The Hall–Kier alpha value is -0.220. The molecule has 1 rings (SSSR count). The molecule has 0 saturated heterocycles. The number of nitrogens with zero attached hydrogens (tertiary/aromatic N) is 1. The van der Waals surface area contributed by atoms with Gasteiger partial charge in [0.05, 0.1) is 6.54 Å². The lowest BCUT2D eigenvalue weighted by Crippen LogP contribution is -2.42. The molecular weight excluding hydrogens is 234 g/mol. The molecule has 2 unspecified atom stereocenters. The zero-order valence-corrected chi connectivity index (χ0v) is 11.8. The smallest absolute Gasteiger partial charge is 0.251 e. The highest BCUT2D eigenvalue weighted by Gasteiger charge is 2.24. The fourth-order valence-electron chi connectivity index (χ4n) is 2.91. The fourth-order valence-corrected chi connectivity index (χ4v) is 2.91. The molecule has 1 fully saturated rings. The van der Waals surface area contributed by atoms with E-state index in [1.165, 1.54) is 32.1 Å². The number of hydrogen-bond donors (Lipinski definition) is 1. The van der Waals surface area contributed by atoms with Crippen LogP contribution in [0.25, 0.3) is 0 Å². The van der Waals surface area contributed by atoms with Crippen molar-refractivity contribution in [3.63, 3.8) is 0 Å². The second-order valence-corrected chi connectivity index (χ2v) is 5.57. The molecule has 2 nitrogen and oxygen atoms in total. The Bertz CT molecular complexity index is 212. The number of hydrogen-bond acceptors (Lipinski definition) is 2. The molecule has 0 spiro atoms. The van der Waals surface area contributed by atoms with Crippen LogP contribution >= 0.6 is 0 Å². The fraction of sp³-hybridized carbons (Fsp3) is 1.00. The van der Waals surface area contributed by atoms with Crippen molar-refractivity contribution < 1.29 is 8.78 Å². The highest BCUT2D eigenvalue weighted by Crippen LogP contribution is 2.24. The molecule has 0 bridgehead atoms. The Balaban J connectivity index is 2.44. The summed E-state index contributed by atoms with van der Waals surface area (Å²) in [5.74, 6) is 0.530. The number of nitrogens with one attached hydrogen (secondary N) is 1. The van der Waals surface area contributed by atoms with Gasteiger partial charge in [0.1, 0.15) is 0 Å². The van der Waals surface area contributed by atoms with E-state index in [1.807, 2.05) is 7.05 Å². The van der Waals surface area contributed by atoms with Crippen molar-refractivity contribution in [2.24, 2.45) is 5.92 Å². The molecule has 1 N–H and O–H groups in total. The molecule has 2 atom stereocenters. The van der Waals surface area contributed by atoms with Gasteiger partial charge in [-0.25, -0.2) is 8.78 Å². The highest BCUT2D eigenvalue weighted by molar-refractivity contribution is 4.81. The summed E-state index contributed by atoms with van der Waals surface area (Å²) in [5.41, 5.74) is 0. The Morgan fingerprint density at radius 1 is 1.22 bits per heavy atom. The third-order valence-electron chi connectivity index (χ3n) is 3.81. The van der Waals surface area contributed by atoms with E-state index in [1.54, 1.807) is 4.90 Å². The maximum absolute atomic E-state index is 12.4. The third-order valence-corrected chi connectivity index (χ3v) is 3.81. The van der Waals surface area contributed by atoms with Gasteiger partial charge >= 0.3 is 0 Å². The van der Waals surface area contributed by atoms with Crippen molar-refractivity contribution in [1.29, 1.82) is 0 Å². The largest absolute Gasteiger partial charge is 0.314 e. The van der Waals surface area contributed by atoms with Crippen LogP contribution in [0.2, 0.25) is 0 Å². The van der Waals surface area contributed by atoms with Gasteiger partial charge in [0.25, 0.3) is 6.43 Å². The van der Waals surface area contributed by atoms with Gasteiger partial charge in [-0.15, -0.1) is 0 Å². The van der Waals surface area contributed by atoms with Crippen LogP contribution < -0.4 is 5.32 Å². The minimum absolute atomic E-state index is 0.100. The summed E-state index contributed by atoms with van der Waals surface area (Å²) in [4.78, 5) is 1.79. The first-order valence-corrected chi connectivity index (χ1v) is 7.33. The standard InChI is InChI=1S/C14H28F2N2/c1-3-9-17-13-8-6-4-5-7-12(13)10-18(2)11-14(15)16/h12-14,17H,3-11H2,1-2H3. The van der Waals surface area contributed by atoms with Gasteiger partial charge in [-0.3, -0.25) is 0 Å². The Morgan fingerprint density at radius 2 is 1.94 bits per heavy atom. The molecule has 0 aromatic carbocycles. The van der Waals surface area contributed by atoms with Crippen molar-refractivity contribution in [3.05, 3.63) is 0 Å². The molecule has 1 saturated carbocycles. The lowest BCUT2D eigenvalue weighted by Gasteiger charge is -2.30. The van der Waals surface area contributed by atoms with Crippen LogP contribution in [0.15, 0.2) is 0 Å². The molecule has 1 aliphatic carbocycles. The van der Waals surface area contributed by atoms with Crippen LogP contribution in [0, 0.1) is 5.92 Å². The molecule has 0 radical (unpaired) electrons. The number of alkyl halides is 2. The quantitative estimate of drug-likeness (QED) is 0.709. The minimum atomic E-state index is -2.22. The molecule has 108 valence electrons. The molecule has 18 heavy (non-hydrogen) atoms. The van der Waals surface area contributed by atoms with Crippen LogP contribution in [0.3, 0.4) is 0 Å². The molecule has 1 aliphatic rings. The van der Waals surface area contributed by atoms with Crippen molar-refractivity contribution in [2.75, 3.05) is 26.7 Å². The monoisotopic (exact) mass is 262 g/mol. The second kappa shape index (κ2) is 8.81. The first-order valence-electron chi connectivity index (χ1n) is 7.33. The molecule has 0 heterocycles. The summed E-state index contributed by atoms with van der Waals surface area (Å²) in [7, 11) is 1.81. The van der Waals surface area contributed by atoms with E-state index in [9.17, 15) is 8.78 Å². The first-order chi connectivity index (χ1) is 8.63. The van der Waals surface area contributed by atoms with Gasteiger partial charge < -0.3 is 10.2 Å². The van der Waals surface area contributed by atoms with E-state index < -0.39 is 6.43 Å². The zero-order chi connectivity index (χ0) is 13.4. The SMILES string of the molecule is CCCNC1CCCCCC1CN(C)CC(F)F. The van der Waals surface area contributed by atoms with Gasteiger partial charge in [-0.2, -0.15) is 0 Å². The summed E-state index contributed by atoms with van der Waals surface area (Å²) in [6.07, 6.45) is 5.11. The van der Waals surface area contributed by atoms with E-state index >= 15 is 0 Å². The highest BCUT2D eigenvalue weighted by atomic mass is 19.3. The third kappa shape index (κ3) is 6.10. The van der Waals surface area contributed by atoms with Crippen molar-refractivity contribution >= 4 is 0 Å². The van der Waals surface area contributed by atoms with Crippen LogP contribution in [-0.4, -0.2) is 44.0 Å². The van der Waals surface area contributed by atoms with Crippen molar-refractivity contribution in [2.45, 2.75) is 57.9 Å². The maximum atomic E-state index is 12.4. The van der Waals surface area contributed by atoms with E-state index in [-0.39, 0.29) is 6.54 Å². The van der Waals surface area contributed by atoms with Crippen LogP contribution in [-0.2, 0) is 0 Å². The Labute approximate surface area is 110 Å². The van der Waals surface area contributed by atoms with E-state index in [0.717, 1.165) is 19.5 Å². The van der Waals surface area contributed by atoms with Crippen LogP contribution in [0.1, 0.15) is 45.4 Å². The first kappa shape index (κ1) is 15.8. The average molecular weight is 262 g/mol. The lowest BCUT2D eigenvalue weighted by molar-refractivity contribution is 0.0883. The van der Waals surface area contributed by atoms with E-state index in [0.29, 0.717) is 12.0 Å². The lowest BCUT2D eigenvalue weighted by atomic mass is 9.94. The van der Waals surface area contributed by atoms with Gasteiger partial charge in [-0.05, 0) is 38.8 Å². The number of rotatable bonds is 7. The zero-order valence-electron chi connectivity index (χ0n) is 11.8. The van der Waals surface area contributed by atoms with E-state index in [2.05, 4.69) is 12.2 Å². The summed E-state index contributed by atoms with van der Waals surface area (Å²) < 4.78 is 24.7. The minimum Gasteiger partial charge on any atom is -0.314 e. The second-order valence-electron chi connectivity index (χ2n) is 5.57. The predicted octanol–water partition coefficient (Wildman–Crippen LogP) is 3.13. The average Bonchev–Trinajstić information content (AvgIpc) is 2.51. The van der Waals surface area contributed by atoms with E-state index in [4.69, 9.17) is 0 Å². The van der Waals surface area contributed by atoms with Gasteiger partial charge in [-0.1, -0.05) is 26.2 Å². The molecule has 0 amide bonds. The van der Waals surface area contributed by atoms with Crippen LogP contribution in [0.5, 0.6) is 0 Å². The van der Waals surface area contributed by atoms with Gasteiger partial charge in [0.2, 0.25) is 0 Å². The Morgan fingerprint density at radius 3 is 2.61 bits per heavy atom. The maximum Gasteiger partial charge on any atom is 0.251 e. The molecule has 0 aliphatic heterocycles.